The highest BCUT2D eigenvalue weighted by atomic mass is 32.1. The number of nitrogens with zero attached hydrogens (tertiary/aromatic N) is 2. The summed E-state index contributed by atoms with van der Waals surface area (Å²) in [6.07, 6.45) is 4.58. The van der Waals surface area contributed by atoms with E-state index in [1.165, 1.54) is 11.3 Å². The molecule has 2 aromatic rings. The molecular formula is C25H31N3O3S. The molecule has 1 N–H and O–H groups in total. The van der Waals surface area contributed by atoms with Crippen molar-refractivity contribution in [2.75, 3.05) is 26.2 Å². The van der Waals surface area contributed by atoms with Crippen LogP contribution < -0.4 is 5.32 Å². The van der Waals surface area contributed by atoms with Gasteiger partial charge in [0.2, 0.25) is 5.91 Å². The fourth-order valence-electron chi connectivity index (χ4n) is 4.73. The summed E-state index contributed by atoms with van der Waals surface area (Å²) in [5.41, 5.74) is 1.50. The van der Waals surface area contributed by atoms with Crippen LogP contribution in [-0.4, -0.2) is 59.7 Å². The highest BCUT2D eigenvalue weighted by molar-refractivity contribution is 7.12. The first-order chi connectivity index (χ1) is 15.5. The van der Waals surface area contributed by atoms with Crippen molar-refractivity contribution in [3.05, 3.63) is 57.8 Å². The highest BCUT2D eigenvalue weighted by Gasteiger charge is 2.36. The Balaban J connectivity index is 1.47. The van der Waals surface area contributed by atoms with Gasteiger partial charge in [0.05, 0.1) is 4.88 Å². The summed E-state index contributed by atoms with van der Waals surface area (Å²) in [5.74, 6) is -0.101. The monoisotopic (exact) mass is 453 g/mol. The molecule has 3 amide bonds. The van der Waals surface area contributed by atoms with Crippen molar-refractivity contribution in [3.63, 3.8) is 0 Å². The predicted molar refractivity (Wildman–Crippen MR) is 126 cm³/mol. The molecule has 7 heteroatoms. The first-order valence-electron chi connectivity index (χ1n) is 11.5. The first-order valence-corrected chi connectivity index (χ1v) is 12.4. The zero-order chi connectivity index (χ0) is 22.5. The van der Waals surface area contributed by atoms with E-state index >= 15 is 0 Å². The van der Waals surface area contributed by atoms with E-state index in [1.54, 1.807) is 6.07 Å². The molecule has 0 saturated carbocycles. The minimum absolute atomic E-state index is 0.0183. The molecule has 1 atom stereocenters. The second-order valence-corrected chi connectivity index (χ2v) is 9.71. The van der Waals surface area contributed by atoms with Crippen molar-refractivity contribution < 1.29 is 14.4 Å². The van der Waals surface area contributed by atoms with Gasteiger partial charge in [-0.3, -0.25) is 14.4 Å². The van der Waals surface area contributed by atoms with Crippen molar-refractivity contribution in [2.45, 2.75) is 45.1 Å². The molecule has 2 saturated heterocycles. The lowest BCUT2D eigenvalue weighted by Gasteiger charge is -2.38. The van der Waals surface area contributed by atoms with Crippen LogP contribution in [0.4, 0.5) is 0 Å². The summed E-state index contributed by atoms with van der Waals surface area (Å²) >= 11 is 1.45. The lowest BCUT2D eigenvalue weighted by atomic mass is 9.87. The molecule has 6 nitrogen and oxygen atoms in total. The molecule has 1 aromatic carbocycles. The quantitative estimate of drug-likeness (QED) is 0.750. The standard InChI is InChI=1S/C25H31N3O3S/c1-18-8-3-4-9-20(18)23(29)26-22(25(31)27-13-5-2-6-14-27)19-11-15-28(16-12-19)24(30)21-10-7-17-32-21/h3-4,7-10,17,19,22H,2,5-6,11-16H2,1H3,(H,26,29)/t22-/m1/s1. The van der Waals surface area contributed by atoms with Gasteiger partial charge in [-0.1, -0.05) is 24.3 Å². The van der Waals surface area contributed by atoms with E-state index < -0.39 is 6.04 Å². The third kappa shape index (κ3) is 5.04. The summed E-state index contributed by atoms with van der Waals surface area (Å²) in [7, 11) is 0. The van der Waals surface area contributed by atoms with Crippen molar-refractivity contribution in [3.8, 4) is 0 Å². The number of thiophene rings is 1. The Labute approximate surface area is 193 Å². The van der Waals surface area contributed by atoms with Crippen LogP contribution in [0.3, 0.4) is 0 Å². The molecule has 4 rings (SSSR count). The highest BCUT2D eigenvalue weighted by Crippen LogP contribution is 2.26. The Hall–Kier alpha value is -2.67. The Morgan fingerprint density at radius 2 is 1.66 bits per heavy atom. The fourth-order valence-corrected chi connectivity index (χ4v) is 5.42. The molecule has 2 fully saturated rings. The van der Waals surface area contributed by atoms with E-state index in [9.17, 15) is 14.4 Å². The van der Waals surface area contributed by atoms with Gasteiger partial charge >= 0.3 is 0 Å². The molecule has 0 spiro atoms. The van der Waals surface area contributed by atoms with Crippen LogP contribution in [0.1, 0.15) is 57.7 Å². The maximum absolute atomic E-state index is 13.5. The summed E-state index contributed by atoms with van der Waals surface area (Å²) in [6, 6.07) is 10.6. The summed E-state index contributed by atoms with van der Waals surface area (Å²) < 4.78 is 0. The number of nitrogens with one attached hydrogen (secondary N) is 1. The number of rotatable bonds is 5. The predicted octanol–water partition coefficient (Wildman–Crippen LogP) is 3.72. The molecule has 1 aromatic heterocycles. The summed E-state index contributed by atoms with van der Waals surface area (Å²) in [6.45, 7) is 4.62. The molecule has 32 heavy (non-hydrogen) atoms. The third-order valence-electron chi connectivity index (χ3n) is 6.64. The summed E-state index contributed by atoms with van der Waals surface area (Å²) in [5, 5.41) is 4.99. The summed E-state index contributed by atoms with van der Waals surface area (Å²) in [4.78, 5) is 43.8. The Morgan fingerprint density at radius 3 is 2.31 bits per heavy atom. The van der Waals surface area contributed by atoms with Gasteiger partial charge < -0.3 is 15.1 Å². The van der Waals surface area contributed by atoms with Crippen molar-refractivity contribution in [1.29, 1.82) is 0 Å². The third-order valence-corrected chi connectivity index (χ3v) is 7.50. The minimum atomic E-state index is -0.556. The average Bonchev–Trinajstić information content (AvgIpc) is 3.37. The minimum Gasteiger partial charge on any atom is -0.341 e. The van der Waals surface area contributed by atoms with Crippen LogP contribution in [0.5, 0.6) is 0 Å². The van der Waals surface area contributed by atoms with Crippen molar-refractivity contribution in [2.24, 2.45) is 5.92 Å². The SMILES string of the molecule is Cc1ccccc1C(=O)N[C@@H](C(=O)N1CCCCC1)C1CCN(C(=O)c2cccs2)CC1. The second kappa shape index (κ2) is 10.3. The number of hydrogen-bond acceptors (Lipinski definition) is 4. The molecule has 0 aliphatic carbocycles. The molecule has 2 aliphatic rings. The average molecular weight is 454 g/mol. The van der Waals surface area contributed by atoms with Crippen molar-refractivity contribution >= 4 is 29.1 Å². The normalized spacial score (nSPS) is 18.3. The number of aryl methyl sites for hydroxylation is 1. The largest absolute Gasteiger partial charge is 0.341 e. The number of amides is 3. The van der Waals surface area contributed by atoms with Crippen LogP contribution in [-0.2, 0) is 4.79 Å². The van der Waals surface area contributed by atoms with Gasteiger partial charge in [0.15, 0.2) is 0 Å². The van der Waals surface area contributed by atoms with E-state index in [0.717, 1.165) is 42.8 Å². The van der Waals surface area contributed by atoms with E-state index in [-0.39, 0.29) is 23.6 Å². The van der Waals surface area contributed by atoms with Crippen molar-refractivity contribution in [1.82, 2.24) is 15.1 Å². The maximum atomic E-state index is 13.5. The van der Waals surface area contributed by atoms with Crippen LogP contribution >= 0.6 is 11.3 Å². The number of likely N-dealkylation sites (tertiary alicyclic amines) is 2. The molecule has 0 radical (unpaired) electrons. The maximum Gasteiger partial charge on any atom is 0.263 e. The van der Waals surface area contributed by atoms with E-state index in [1.807, 2.05) is 52.4 Å². The molecule has 0 bridgehead atoms. The Morgan fingerprint density at radius 1 is 0.938 bits per heavy atom. The van der Waals surface area contributed by atoms with Gasteiger partial charge in [-0.05, 0) is 68.0 Å². The van der Waals surface area contributed by atoms with Gasteiger partial charge in [-0.15, -0.1) is 11.3 Å². The van der Waals surface area contributed by atoms with Crippen LogP contribution in [0.25, 0.3) is 0 Å². The van der Waals surface area contributed by atoms with E-state index in [0.29, 0.717) is 31.5 Å². The van der Waals surface area contributed by atoms with E-state index in [2.05, 4.69) is 5.32 Å². The van der Waals surface area contributed by atoms with Gasteiger partial charge in [0, 0.05) is 31.7 Å². The lowest BCUT2D eigenvalue weighted by Crippen LogP contribution is -2.55. The van der Waals surface area contributed by atoms with Gasteiger partial charge in [-0.2, -0.15) is 0 Å². The number of hydrogen-bond donors (Lipinski definition) is 1. The zero-order valence-electron chi connectivity index (χ0n) is 18.6. The molecular weight excluding hydrogens is 422 g/mol. The van der Waals surface area contributed by atoms with Crippen LogP contribution in [0.2, 0.25) is 0 Å². The molecule has 0 unspecified atom stereocenters. The Kier molecular flexibility index (Phi) is 7.25. The topological polar surface area (TPSA) is 69.7 Å². The Bertz CT molecular complexity index is 945. The van der Waals surface area contributed by atoms with Gasteiger partial charge in [0.25, 0.3) is 11.8 Å². The number of piperidine rings is 2. The second-order valence-electron chi connectivity index (χ2n) is 8.76. The zero-order valence-corrected chi connectivity index (χ0v) is 19.4. The number of carbonyl (C=O) groups excluding carboxylic acids is 3. The molecule has 3 heterocycles. The van der Waals surface area contributed by atoms with Gasteiger partial charge in [-0.25, -0.2) is 0 Å². The smallest absolute Gasteiger partial charge is 0.263 e. The molecule has 2 aliphatic heterocycles. The fraction of sp³-hybridized carbons (Fsp3) is 0.480. The van der Waals surface area contributed by atoms with E-state index in [4.69, 9.17) is 0 Å². The van der Waals surface area contributed by atoms with Gasteiger partial charge in [0.1, 0.15) is 6.04 Å². The number of benzene rings is 1. The number of carbonyl (C=O) groups is 3. The van der Waals surface area contributed by atoms with Crippen LogP contribution in [0, 0.1) is 12.8 Å². The lowest BCUT2D eigenvalue weighted by molar-refractivity contribution is -0.136. The van der Waals surface area contributed by atoms with Crippen LogP contribution in [0.15, 0.2) is 41.8 Å². The molecule has 170 valence electrons. The first kappa shape index (κ1) is 22.5.